The molecule has 32 heavy (non-hydrogen) atoms. The van der Waals surface area contributed by atoms with E-state index in [4.69, 9.17) is 11.6 Å². The molecule has 0 spiro atoms. The minimum absolute atomic E-state index is 0.0919. The maximum absolute atomic E-state index is 13.5. The third kappa shape index (κ3) is 4.41. The van der Waals surface area contributed by atoms with Crippen molar-refractivity contribution in [2.75, 3.05) is 29.4 Å². The first-order valence-electron chi connectivity index (χ1n) is 10.6. The smallest absolute Gasteiger partial charge is 0.321 e. The first kappa shape index (κ1) is 22.1. The minimum atomic E-state index is -0.792. The number of rotatable bonds is 5. The number of halogens is 2. The quantitative estimate of drug-likeness (QED) is 0.675. The fourth-order valence-corrected chi connectivity index (χ4v) is 4.46. The largest absolute Gasteiger partial charge is 0.351 e. The van der Waals surface area contributed by atoms with E-state index in [0.717, 1.165) is 16.9 Å². The molecule has 9 heteroatoms. The summed E-state index contributed by atoms with van der Waals surface area (Å²) in [5.41, 5.74) is 3.09. The van der Waals surface area contributed by atoms with Crippen molar-refractivity contribution in [2.24, 2.45) is 5.92 Å². The molecule has 0 aromatic heterocycles. The lowest BCUT2D eigenvalue weighted by atomic mass is 10.1. The average molecular weight is 459 g/mol. The molecule has 1 saturated heterocycles. The van der Waals surface area contributed by atoms with E-state index in [0.29, 0.717) is 38.0 Å². The number of anilines is 2. The first-order valence-corrected chi connectivity index (χ1v) is 11.0. The van der Waals surface area contributed by atoms with E-state index in [2.05, 4.69) is 10.6 Å². The van der Waals surface area contributed by atoms with Crippen LogP contribution in [0.2, 0.25) is 5.02 Å². The topological polar surface area (TPSA) is 81.8 Å². The highest BCUT2D eigenvalue weighted by atomic mass is 35.5. The first-order chi connectivity index (χ1) is 15.4. The van der Waals surface area contributed by atoms with Crippen LogP contribution in [-0.4, -0.2) is 37.5 Å². The summed E-state index contributed by atoms with van der Waals surface area (Å²) in [5, 5.41) is 5.76. The second-order valence-corrected chi connectivity index (χ2v) is 8.31. The van der Waals surface area contributed by atoms with Gasteiger partial charge in [-0.3, -0.25) is 14.5 Å². The summed E-state index contributed by atoms with van der Waals surface area (Å²) >= 11 is 5.85. The van der Waals surface area contributed by atoms with E-state index >= 15 is 0 Å². The second-order valence-electron chi connectivity index (χ2n) is 7.88. The highest BCUT2D eigenvalue weighted by molar-refractivity contribution is 6.30. The maximum Gasteiger partial charge on any atom is 0.321 e. The predicted octanol–water partition coefficient (Wildman–Crippen LogP) is 3.24. The molecule has 0 bridgehead atoms. The van der Waals surface area contributed by atoms with Gasteiger partial charge < -0.3 is 15.5 Å². The number of carbonyl (C=O) groups is 3. The monoisotopic (exact) mass is 458 g/mol. The molecule has 2 aliphatic rings. The molecule has 0 aliphatic carbocycles. The van der Waals surface area contributed by atoms with Gasteiger partial charge >= 0.3 is 6.03 Å². The normalized spacial score (nSPS) is 17.5. The number of nitrogens with zero attached hydrogens (tertiary/aromatic N) is 2. The molecule has 0 saturated carbocycles. The highest BCUT2D eigenvalue weighted by Gasteiger charge is 2.38. The zero-order valence-electron chi connectivity index (χ0n) is 17.7. The zero-order valence-corrected chi connectivity index (χ0v) is 18.4. The van der Waals surface area contributed by atoms with Gasteiger partial charge in [-0.1, -0.05) is 11.6 Å². The maximum atomic E-state index is 13.5. The Morgan fingerprint density at radius 1 is 1.16 bits per heavy atom. The lowest BCUT2D eigenvalue weighted by Gasteiger charge is -2.20. The van der Waals surface area contributed by atoms with Crippen LogP contribution in [0.15, 0.2) is 36.4 Å². The molecule has 2 N–H and O–H groups in total. The zero-order chi connectivity index (χ0) is 22.8. The van der Waals surface area contributed by atoms with Crippen LogP contribution in [0.25, 0.3) is 0 Å². The van der Waals surface area contributed by atoms with Crippen LogP contribution in [0.3, 0.4) is 0 Å². The molecule has 168 valence electrons. The number of carbonyl (C=O) groups excluding carboxylic acids is 3. The summed E-state index contributed by atoms with van der Waals surface area (Å²) in [7, 11) is 0. The van der Waals surface area contributed by atoms with Gasteiger partial charge in [-0.15, -0.1) is 0 Å². The highest BCUT2D eigenvalue weighted by Crippen LogP contribution is 2.34. The Kier molecular flexibility index (Phi) is 6.32. The Morgan fingerprint density at radius 3 is 2.72 bits per heavy atom. The van der Waals surface area contributed by atoms with Crippen LogP contribution in [0.5, 0.6) is 0 Å². The average Bonchev–Trinajstić information content (AvgIpc) is 3.34. The molecule has 4 rings (SSSR count). The SMILES string of the molecule is CCNC(=O)N1CCc2cc(N3CCC(C(=O)NCc4cc(F)cc(Cl)c4)C3=O)ccc21. The van der Waals surface area contributed by atoms with E-state index < -0.39 is 11.7 Å². The summed E-state index contributed by atoms with van der Waals surface area (Å²) in [6.07, 6.45) is 1.11. The van der Waals surface area contributed by atoms with E-state index in [1.54, 1.807) is 15.9 Å². The van der Waals surface area contributed by atoms with E-state index in [-0.39, 0.29) is 29.4 Å². The van der Waals surface area contributed by atoms with Crippen LogP contribution in [-0.2, 0) is 22.6 Å². The number of hydrogen-bond donors (Lipinski definition) is 2. The van der Waals surface area contributed by atoms with Crippen molar-refractivity contribution in [1.82, 2.24) is 10.6 Å². The van der Waals surface area contributed by atoms with Crippen LogP contribution in [0, 0.1) is 11.7 Å². The number of fused-ring (bicyclic) bond motifs is 1. The Labute approximate surface area is 190 Å². The van der Waals surface area contributed by atoms with Gasteiger partial charge in [0.25, 0.3) is 0 Å². The summed E-state index contributed by atoms with van der Waals surface area (Å²) in [4.78, 5) is 41.0. The van der Waals surface area contributed by atoms with Gasteiger partial charge in [0.15, 0.2) is 0 Å². The summed E-state index contributed by atoms with van der Waals surface area (Å²) in [6, 6.07) is 9.50. The van der Waals surface area contributed by atoms with Crippen molar-refractivity contribution < 1.29 is 18.8 Å². The molecule has 2 heterocycles. The van der Waals surface area contributed by atoms with Crippen LogP contribution in [0.4, 0.5) is 20.6 Å². The van der Waals surface area contributed by atoms with Gasteiger partial charge in [-0.25, -0.2) is 9.18 Å². The predicted molar refractivity (Wildman–Crippen MR) is 120 cm³/mol. The number of benzene rings is 2. The Balaban J connectivity index is 1.41. The molecule has 1 unspecified atom stereocenters. The summed E-state index contributed by atoms with van der Waals surface area (Å²) in [6.45, 7) is 3.54. The van der Waals surface area contributed by atoms with E-state index in [9.17, 15) is 18.8 Å². The van der Waals surface area contributed by atoms with Crippen LogP contribution < -0.4 is 20.4 Å². The molecule has 2 aromatic rings. The number of urea groups is 1. The summed E-state index contributed by atoms with van der Waals surface area (Å²) < 4.78 is 13.5. The van der Waals surface area contributed by atoms with Gasteiger partial charge in [0, 0.05) is 42.6 Å². The number of nitrogens with one attached hydrogen (secondary N) is 2. The molecule has 2 aliphatic heterocycles. The molecule has 2 aromatic carbocycles. The molecular formula is C23H24ClFN4O3. The van der Waals surface area contributed by atoms with Crippen LogP contribution in [0.1, 0.15) is 24.5 Å². The molecule has 1 fully saturated rings. The third-order valence-electron chi connectivity index (χ3n) is 5.75. The lowest BCUT2D eigenvalue weighted by molar-refractivity contribution is -0.132. The second kappa shape index (κ2) is 9.16. The van der Waals surface area contributed by atoms with Crippen molar-refractivity contribution in [3.8, 4) is 0 Å². The van der Waals surface area contributed by atoms with Crippen LogP contribution >= 0.6 is 11.6 Å². The minimum Gasteiger partial charge on any atom is -0.351 e. The standard InChI is InChI=1S/C23H24ClFN4O3/c1-2-26-23(32)29-7-5-15-11-18(3-4-20(15)29)28-8-6-19(22(28)31)21(30)27-13-14-9-16(24)12-17(25)10-14/h3-4,9-12,19H,2,5-8,13H2,1H3,(H,26,32)(H,27,30). The lowest BCUT2D eigenvalue weighted by Crippen LogP contribution is -2.38. The molecule has 1 atom stereocenters. The fraction of sp³-hybridized carbons (Fsp3) is 0.348. The fourth-order valence-electron chi connectivity index (χ4n) is 4.22. The van der Waals surface area contributed by atoms with Gasteiger partial charge in [0.1, 0.15) is 11.7 Å². The van der Waals surface area contributed by atoms with Crippen molar-refractivity contribution in [3.05, 3.63) is 58.4 Å². The number of hydrogen-bond acceptors (Lipinski definition) is 3. The molecule has 0 radical (unpaired) electrons. The van der Waals surface area contributed by atoms with E-state index in [1.807, 2.05) is 25.1 Å². The van der Waals surface area contributed by atoms with Crippen molar-refractivity contribution in [2.45, 2.75) is 26.3 Å². The van der Waals surface area contributed by atoms with Gasteiger partial charge in [0.2, 0.25) is 11.8 Å². The Hall–Kier alpha value is -3.13. The number of amides is 4. The Bertz CT molecular complexity index is 1060. The molecule has 4 amide bonds. The summed E-state index contributed by atoms with van der Waals surface area (Å²) in [5.74, 6) is -1.92. The van der Waals surface area contributed by atoms with Gasteiger partial charge in [-0.2, -0.15) is 0 Å². The molecule has 7 nitrogen and oxygen atoms in total. The van der Waals surface area contributed by atoms with Crippen molar-refractivity contribution in [1.29, 1.82) is 0 Å². The van der Waals surface area contributed by atoms with Crippen molar-refractivity contribution in [3.63, 3.8) is 0 Å². The Morgan fingerprint density at radius 2 is 1.97 bits per heavy atom. The van der Waals surface area contributed by atoms with E-state index in [1.165, 1.54) is 12.1 Å². The van der Waals surface area contributed by atoms with Gasteiger partial charge in [0.05, 0.1) is 0 Å². The van der Waals surface area contributed by atoms with Crippen molar-refractivity contribution >= 4 is 40.8 Å². The molecular weight excluding hydrogens is 435 g/mol. The van der Waals surface area contributed by atoms with Gasteiger partial charge in [-0.05, 0) is 67.3 Å². The third-order valence-corrected chi connectivity index (χ3v) is 5.97.